The number of carbonyl (C=O) groups is 2. The van der Waals surface area contributed by atoms with Gasteiger partial charge in [-0.25, -0.2) is 4.79 Å². The number of rotatable bonds is 2. The number of nitrogens with zero attached hydrogens (tertiary/aromatic N) is 1. The van der Waals surface area contributed by atoms with Gasteiger partial charge in [0, 0.05) is 12.2 Å². The second-order valence-electron chi connectivity index (χ2n) is 3.50. The SMILES string of the molecule is COC(=O)C1CCCN1C(=O)C(C)P. The summed E-state index contributed by atoms with van der Waals surface area (Å²) in [6.07, 6.45) is 1.60. The quantitative estimate of drug-likeness (QED) is 0.497. The molecule has 0 saturated carbocycles. The van der Waals surface area contributed by atoms with Crippen LogP contribution in [0.3, 0.4) is 0 Å². The Morgan fingerprint density at radius 1 is 1.57 bits per heavy atom. The molecule has 0 N–H and O–H groups in total. The van der Waals surface area contributed by atoms with Gasteiger partial charge in [-0.15, -0.1) is 9.24 Å². The van der Waals surface area contributed by atoms with Crippen molar-refractivity contribution in [1.82, 2.24) is 4.90 Å². The van der Waals surface area contributed by atoms with Crippen LogP contribution in [0.5, 0.6) is 0 Å². The maximum absolute atomic E-state index is 11.7. The van der Waals surface area contributed by atoms with Crippen LogP contribution >= 0.6 is 9.24 Å². The molecule has 0 spiro atoms. The molecule has 1 aliphatic rings. The van der Waals surface area contributed by atoms with Crippen LogP contribution < -0.4 is 0 Å². The van der Waals surface area contributed by atoms with Gasteiger partial charge in [0.25, 0.3) is 0 Å². The fourth-order valence-electron chi connectivity index (χ4n) is 1.67. The van der Waals surface area contributed by atoms with Crippen molar-refractivity contribution in [2.75, 3.05) is 13.7 Å². The molecular weight excluding hydrogens is 201 g/mol. The Balaban J connectivity index is 2.68. The van der Waals surface area contributed by atoms with Crippen LogP contribution in [0, 0.1) is 0 Å². The molecule has 0 bridgehead atoms. The Bertz CT molecular complexity index is 242. The third kappa shape index (κ3) is 2.24. The van der Waals surface area contributed by atoms with Crippen LogP contribution in [0.25, 0.3) is 0 Å². The van der Waals surface area contributed by atoms with E-state index in [0.29, 0.717) is 6.54 Å². The fourth-order valence-corrected chi connectivity index (χ4v) is 1.86. The molecule has 3 atom stereocenters. The molecule has 0 aliphatic carbocycles. The van der Waals surface area contributed by atoms with Crippen molar-refractivity contribution in [3.63, 3.8) is 0 Å². The Morgan fingerprint density at radius 3 is 2.71 bits per heavy atom. The Labute approximate surface area is 86.2 Å². The number of methoxy groups -OCH3 is 1. The van der Waals surface area contributed by atoms with E-state index in [1.165, 1.54) is 7.11 Å². The second kappa shape index (κ2) is 4.74. The number of hydrogen-bond donors (Lipinski definition) is 0. The average molecular weight is 217 g/mol. The van der Waals surface area contributed by atoms with Gasteiger partial charge in [-0.1, -0.05) is 6.92 Å². The van der Waals surface area contributed by atoms with Crippen molar-refractivity contribution in [1.29, 1.82) is 0 Å². The number of hydrogen-bond acceptors (Lipinski definition) is 3. The van der Waals surface area contributed by atoms with Gasteiger partial charge in [0.1, 0.15) is 6.04 Å². The van der Waals surface area contributed by atoms with Crippen molar-refractivity contribution in [3.8, 4) is 0 Å². The summed E-state index contributed by atoms with van der Waals surface area (Å²) in [5.41, 5.74) is -0.139. The lowest BCUT2D eigenvalue weighted by atomic mass is 10.2. The molecular formula is C9H16NO3P. The largest absolute Gasteiger partial charge is 0.467 e. The zero-order valence-corrected chi connectivity index (χ0v) is 9.68. The van der Waals surface area contributed by atoms with Gasteiger partial charge in [0.05, 0.1) is 7.11 Å². The maximum Gasteiger partial charge on any atom is 0.328 e. The molecule has 3 unspecified atom stereocenters. The molecule has 1 aliphatic heterocycles. The highest BCUT2D eigenvalue weighted by Crippen LogP contribution is 2.20. The minimum atomic E-state index is -0.365. The maximum atomic E-state index is 11.7. The number of likely N-dealkylation sites (tertiary alicyclic amines) is 1. The average Bonchev–Trinajstić information content (AvgIpc) is 2.63. The topological polar surface area (TPSA) is 46.6 Å². The molecule has 0 aromatic heterocycles. The zero-order chi connectivity index (χ0) is 10.7. The summed E-state index contributed by atoms with van der Waals surface area (Å²) >= 11 is 0. The van der Waals surface area contributed by atoms with Gasteiger partial charge in [-0.3, -0.25) is 4.79 Å². The van der Waals surface area contributed by atoms with Gasteiger partial charge in [-0.2, -0.15) is 0 Å². The fraction of sp³-hybridized carbons (Fsp3) is 0.778. The predicted molar refractivity (Wildman–Crippen MR) is 55.9 cm³/mol. The van der Waals surface area contributed by atoms with E-state index in [1.807, 2.05) is 0 Å². The van der Waals surface area contributed by atoms with Crippen LogP contribution in [-0.2, 0) is 14.3 Å². The van der Waals surface area contributed by atoms with Crippen molar-refractivity contribution >= 4 is 21.1 Å². The summed E-state index contributed by atoms with van der Waals surface area (Å²) < 4.78 is 4.65. The monoisotopic (exact) mass is 217 g/mol. The Hall–Kier alpha value is -0.630. The smallest absolute Gasteiger partial charge is 0.328 e. The summed E-state index contributed by atoms with van der Waals surface area (Å²) in [5.74, 6) is -0.301. The Morgan fingerprint density at radius 2 is 2.21 bits per heavy atom. The molecule has 1 rings (SSSR count). The molecule has 0 radical (unpaired) electrons. The highest BCUT2D eigenvalue weighted by molar-refractivity contribution is 7.19. The first kappa shape index (κ1) is 11.4. The van der Waals surface area contributed by atoms with Crippen molar-refractivity contribution in [3.05, 3.63) is 0 Å². The van der Waals surface area contributed by atoms with E-state index in [1.54, 1.807) is 11.8 Å². The summed E-state index contributed by atoms with van der Waals surface area (Å²) in [4.78, 5) is 24.6. The van der Waals surface area contributed by atoms with Gasteiger partial charge in [-0.05, 0) is 12.8 Å². The first-order valence-corrected chi connectivity index (χ1v) is 5.38. The van der Waals surface area contributed by atoms with Crippen molar-refractivity contribution in [2.45, 2.75) is 31.5 Å². The highest BCUT2D eigenvalue weighted by Gasteiger charge is 2.35. The van der Waals surface area contributed by atoms with E-state index in [-0.39, 0.29) is 23.6 Å². The highest BCUT2D eigenvalue weighted by atomic mass is 31.0. The molecule has 14 heavy (non-hydrogen) atoms. The summed E-state index contributed by atoms with van der Waals surface area (Å²) in [6, 6.07) is -0.365. The van der Waals surface area contributed by atoms with Crippen LogP contribution in [0.1, 0.15) is 19.8 Å². The molecule has 0 aromatic rings. The molecule has 1 fully saturated rings. The number of ether oxygens (including phenoxy) is 1. The summed E-state index contributed by atoms with van der Waals surface area (Å²) in [5, 5.41) is 0. The Kier molecular flexibility index (Phi) is 3.87. The summed E-state index contributed by atoms with van der Waals surface area (Å²) in [6.45, 7) is 2.47. The molecule has 4 nitrogen and oxygen atoms in total. The van der Waals surface area contributed by atoms with Gasteiger partial charge in [0.2, 0.25) is 5.91 Å². The van der Waals surface area contributed by atoms with Crippen LogP contribution in [0.2, 0.25) is 0 Å². The molecule has 1 amide bonds. The van der Waals surface area contributed by atoms with Crippen LogP contribution in [0.4, 0.5) is 0 Å². The lowest BCUT2D eigenvalue weighted by molar-refractivity contribution is -0.150. The lowest BCUT2D eigenvalue weighted by Gasteiger charge is -2.24. The molecule has 0 aromatic carbocycles. The summed E-state index contributed by atoms with van der Waals surface area (Å²) in [7, 11) is 3.80. The number of esters is 1. The van der Waals surface area contributed by atoms with E-state index in [4.69, 9.17) is 0 Å². The second-order valence-corrected chi connectivity index (χ2v) is 4.50. The van der Waals surface area contributed by atoms with E-state index < -0.39 is 0 Å². The molecule has 5 heteroatoms. The van der Waals surface area contributed by atoms with E-state index in [9.17, 15) is 9.59 Å². The lowest BCUT2D eigenvalue weighted by Crippen LogP contribution is -2.43. The minimum Gasteiger partial charge on any atom is -0.467 e. The first-order chi connectivity index (χ1) is 6.57. The zero-order valence-electron chi connectivity index (χ0n) is 8.53. The minimum absolute atomic E-state index is 0.00269. The van der Waals surface area contributed by atoms with Gasteiger partial charge in [0.15, 0.2) is 0 Å². The molecule has 1 saturated heterocycles. The molecule has 80 valence electrons. The van der Waals surface area contributed by atoms with Crippen LogP contribution in [-0.4, -0.2) is 42.1 Å². The molecule has 1 heterocycles. The predicted octanol–water partition coefficient (Wildman–Crippen LogP) is 0.414. The normalized spacial score (nSPS) is 23.4. The third-order valence-electron chi connectivity index (χ3n) is 2.40. The third-order valence-corrected chi connectivity index (χ3v) is 2.68. The van der Waals surface area contributed by atoms with Crippen molar-refractivity contribution < 1.29 is 14.3 Å². The van der Waals surface area contributed by atoms with Crippen molar-refractivity contribution in [2.24, 2.45) is 0 Å². The van der Waals surface area contributed by atoms with Gasteiger partial charge >= 0.3 is 5.97 Å². The number of carbonyl (C=O) groups excluding carboxylic acids is 2. The van der Waals surface area contributed by atoms with E-state index in [0.717, 1.165) is 12.8 Å². The van der Waals surface area contributed by atoms with Crippen LogP contribution in [0.15, 0.2) is 0 Å². The van der Waals surface area contributed by atoms with Gasteiger partial charge < -0.3 is 9.64 Å². The van der Waals surface area contributed by atoms with E-state index in [2.05, 4.69) is 14.0 Å². The van der Waals surface area contributed by atoms with E-state index >= 15 is 0 Å². The standard InChI is InChI=1S/C9H16NO3P/c1-6(14)8(11)10-5-3-4-7(10)9(12)13-2/h6-7H,3-5,14H2,1-2H3. The number of amides is 1. The first-order valence-electron chi connectivity index (χ1n) is 4.71.